The number of hydrogen-bond acceptors (Lipinski definition) is 6. The standard InChI is InChI=1S/C25H27N5O2/c31-23(20-4-2-1-3-5-20)17-30-22(19-8-13-27-14-9-19)10-15-29-24(32)16-21(28-25(29)30)18-6-11-26-12-7-18/h1-7,11-12,16,19,22,27H,8-10,13-15,17H2. The molecule has 7 nitrogen and oxygen atoms in total. The van der Waals surface area contributed by atoms with E-state index in [0.29, 0.717) is 29.7 Å². The zero-order valence-corrected chi connectivity index (χ0v) is 18.0. The van der Waals surface area contributed by atoms with E-state index in [1.807, 2.05) is 42.5 Å². The van der Waals surface area contributed by atoms with Crippen molar-refractivity contribution < 1.29 is 4.79 Å². The SMILES string of the molecule is O=C(CN1c2nc(-c3ccncc3)cc(=O)n2CCC1C1CCNCC1)c1ccccc1. The molecule has 2 aliphatic heterocycles. The van der Waals surface area contributed by atoms with Gasteiger partial charge < -0.3 is 10.2 Å². The number of nitrogens with zero attached hydrogens (tertiary/aromatic N) is 4. The topological polar surface area (TPSA) is 80.1 Å². The third-order valence-electron chi connectivity index (χ3n) is 6.61. The van der Waals surface area contributed by atoms with Crippen molar-refractivity contribution in [2.75, 3.05) is 24.5 Å². The van der Waals surface area contributed by atoms with Gasteiger partial charge in [-0.3, -0.25) is 19.1 Å². The van der Waals surface area contributed by atoms with Crippen LogP contribution in [-0.4, -0.2) is 46.0 Å². The summed E-state index contributed by atoms with van der Waals surface area (Å²) < 4.78 is 1.72. The highest BCUT2D eigenvalue weighted by molar-refractivity contribution is 5.99. The number of rotatable bonds is 5. The Morgan fingerprint density at radius 3 is 2.53 bits per heavy atom. The molecule has 32 heavy (non-hydrogen) atoms. The summed E-state index contributed by atoms with van der Waals surface area (Å²) >= 11 is 0. The number of hydrogen-bond donors (Lipinski definition) is 1. The number of piperidine rings is 1. The van der Waals surface area contributed by atoms with Crippen LogP contribution in [0.15, 0.2) is 65.7 Å². The van der Waals surface area contributed by atoms with Crippen molar-refractivity contribution in [1.29, 1.82) is 0 Å². The summed E-state index contributed by atoms with van der Waals surface area (Å²) in [6.45, 7) is 2.81. The molecule has 0 bridgehead atoms. The normalized spacial score (nSPS) is 18.9. The monoisotopic (exact) mass is 429 g/mol. The third-order valence-corrected chi connectivity index (χ3v) is 6.61. The average Bonchev–Trinajstić information content (AvgIpc) is 2.86. The van der Waals surface area contributed by atoms with Crippen molar-refractivity contribution in [2.45, 2.75) is 31.8 Å². The molecular formula is C25H27N5O2. The quantitative estimate of drug-likeness (QED) is 0.629. The van der Waals surface area contributed by atoms with Gasteiger partial charge in [0.15, 0.2) is 5.78 Å². The average molecular weight is 430 g/mol. The van der Waals surface area contributed by atoms with E-state index >= 15 is 0 Å². The minimum Gasteiger partial charge on any atom is -0.331 e. The summed E-state index contributed by atoms with van der Waals surface area (Å²) in [5.74, 6) is 1.11. The maximum atomic E-state index is 13.2. The van der Waals surface area contributed by atoms with Gasteiger partial charge in [0.1, 0.15) is 0 Å². The van der Waals surface area contributed by atoms with Crippen LogP contribution >= 0.6 is 0 Å². The van der Waals surface area contributed by atoms with Gasteiger partial charge in [-0.25, -0.2) is 4.98 Å². The van der Waals surface area contributed by atoms with Gasteiger partial charge in [0, 0.05) is 42.2 Å². The van der Waals surface area contributed by atoms with E-state index in [1.165, 1.54) is 0 Å². The summed E-state index contributed by atoms with van der Waals surface area (Å²) in [7, 11) is 0. The van der Waals surface area contributed by atoms with Gasteiger partial charge in [-0.1, -0.05) is 30.3 Å². The lowest BCUT2D eigenvalue weighted by atomic mass is 9.86. The first-order valence-corrected chi connectivity index (χ1v) is 11.3. The maximum absolute atomic E-state index is 13.2. The van der Waals surface area contributed by atoms with Crippen LogP contribution in [0.5, 0.6) is 0 Å². The van der Waals surface area contributed by atoms with E-state index in [9.17, 15) is 9.59 Å². The molecule has 1 unspecified atom stereocenters. The first-order valence-electron chi connectivity index (χ1n) is 11.3. The number of anilines is 1. The third kappa shape index (κ3) is 4.08. The summed E-state index contributed by atoms with van der Waals surface area (Å²) in [6.07, 6.45) is 6.37. The van der Waals surface area contributed by atoms with E-state index in [-0.39, 0.29) is 23.9 Å². The van der Waals surface area contributed by atoms with Crippen molar-refractivity contribution in [2.24, 2.45) is 5.92 Å². The number of aromatic nitrogens is 3. The molecule has 7 heteroatoms. The van der Waals surface area contributed by atoms with Crippen molar-refractivity contribution in [3.8, 4) is 11.3 Å². The molecule has 1 aromatic carbocycles. The molecular weight excluding hydrogens is 402 g/mol. The van der Waals surface area contributed by atoms with Crippen LogP contribution in [0.2, 0.25) is 0 Å². The van der Waals surface area contributed by atoms with Crippen LogP contribution in [0.1, 0.15) is 29.6 Å². The molecule has 1 atom stereocenters. The predicted octanol–water partition coefficient (Wildman–Crippen LogP) is 2.77. The second-order valence-electron chi connectivity index (χ2n) is 8.53. The fraction of sp³-hybridized carbons (Fsp3) is 0.360. The Kier molecular flexibility index (Phi) is 5.81. The van der Waals surface area contributed by atoms with Crippen LogP contribution in [0.3, 0.4) is 0 Å². The second-order valence-corrected chi connectivity index (χ2v) is 8.53. The minimum atomic E-state index is -0.0808. The van der Waals surface area contributed by atoms with Gasteiger partial charge >= 0.3 is 0 Å². The van der Waals surface area contributed by atoms with Crippen molar-refractivity contribution in [1.82, 2.24) is 19.9 Å². The molecule has 0 saturated carbocycles. The van der Waals surface area contributed by atoms with Crippen molar-refractivity contribution in [3.05, 3.63) is 76.8 Å². The van der Waals surface area contributed by atoms with Gasteiger partial charge in [-0.15, -0.1) is 0 Å². The molecule has 5 rings (SSSR count). The Morgan fingerprint density at radius 1 is 1.03 bits per heavy atom. The highest BCUT2D eigenvalue weighted by Gasteiger charge is 2.36. The van der Waals surface area contributed by atoms with Crippen LogP contribution < -0.4 is 15.8 Å². The lowest BCUT2D eigenvalue weighted by Gasteiger charge is -2.43. The van der Waals surface area contributed by atoms with Crippen LogP contribution in [0.4, 0.5) is 5.95 Å². The summed E-state index contributed by atoms with van der Waals surface area (Å²) in [5, 5.41) is 3.43. The smallest absolute Gasteiger partial charge is 0.255 e. The minimum absolute atomic E-state index is 0.0431. The number of Topliss-reactive ketones (excluding diaryl/α,β-unsaturated/α-hetero) is 1. The van der Waals surface area contributed by atoms with Gasteiger partial charge in [0.25, 0.3) is 5.56 Å². The summed E-state index contributed by atoms with van der Waals surface area (Å²) in [4.78, 5) is 37.3. The molecule has 0 spiro atoms. The lowest BCUT2D eigenvalue weighted by molar-refractivity contribution is 0.0990. The highest BCUT2D eigenvalue weighted by Crippen LogP contribution is 2.32. The maximum Gasteiger partial charge on any atom is 0.255 e. The Balaban J connectivity index is 1.56. The van der Waals surface area contributed by atoms with Gasteiger partial charge in [-0.05, 0) is 50.4 Å². The van der Waals surface area contributed by atoms with Crippen LogP contribution in [0.25, 0.3) is 11.3 Å². The van der Waals surface area contributed by atoms with Crippen LogP contribution in [-0.2, 0) is 6.54 Å². The number of carbonyl (C=O) groups excluding carboxylic acids is 1. The molecule has 1 saturated heterocycles. The van der Waals surface area contributed by atoms with E-state index in [2.05, 4.69) is 15.2 Å². The lowest BCUT2D eigenvalue weighted by Crippen LogP contribution is -2.52. The van der Waals surface area contributed by atoms with Crippen molar-refractivity contribution in [3.63, 3.8) is 0 Å². The first kappa shape index (κ1) is 20.6. The molecule has 4 heterocycles. The molecule has 3 aromatic rings. The Morgan fingerprint density at radius 2 is 1.78 bits per heavy atom. The molecule has 2 aliphatic rings. The predicted molar refractivity (Wildman–Crippen MR) is 124 cm³/mol. The molecule has 2 aromatic heterocycles. The number of fused-ring (bicyclic) bond motifs is 1. The van der Waals surface area contributed by atoms with E-state index < -0.39 is 0 Å². The highest BCUT2D eigenvalue weighted by atomic mass is 16.1. The summed E-state index contributed by atoms with van der Waals surface area (Å²) in [5.41, 5.74) is 2.06. The zero-order valence-electron chi connectivity index (χ0n) is 18.0. The number of nitrogens with one attached hydrogen (secondary N) is 1. The van der Waals surface area contributed by atoms with Crippen LogP contribution in [0, 0.1) is 5.92 Å². The fourth-order valence-corrected chi connectivity index (χ4v) is 4.94. The molecule has 0 radical (unpaired) electrons. The number of pyridine rings is 1. The Bertz CT molecular complexity index is 1140. The fourth-order valence-electron chi connectivity index (χ4n) is 4.94. The number of benzene rings is 1. The van der Waals surface area contributed by atoms with E-state index in [4.69, 9.17) is 4.98 Å². The molecule has 0 amide bonds. The second kappa shape index (κ2) is 9.04. The van der Waals surface area contributed by atoms with Gasteiger partial charge in [0.2, 0.25) is 5.95 Å². The zero-order chi connectivity index (χ0) is 21.9. The summed E-state index contributed by atoms with van der Waals surface area (Å²) in [6, 6.07) is 14.8. The van der Waals surface area contributed by atoms with Crippen molar-refractivity contribution >= 4 is 11.7 Å². The number of ketones is 1. The van der Waals surface area contributed by atoms with E-state index in [0.717, 1.165) is 37.9 Å². The number of carbonyl (C=O) groups is 1. The molecule has 1 fully saturated rings. The first-order chi connectivity index (χ1) is 15.7. The molecule has 1 N–H and O–H groups in total. The molecule has 0 aliphatic carbocycles. The molecule has 164 valence electrons. The van der Waals surface area contributed by atoms with Gasteiger partial charge in [-0.2, -0.15) is 0 Å². The van der Waals surface area contributed by atoms with E-state index in [1.54, 1.807) is 23.0 Å². The largest absolute Gasteiger partial charge is 0.331 e. The Hall–Kier alpha value is -3.32. The van der Waals surface area contributed by atoms with Gasteiger partial charge in [0.05, 0.1) is 12.2 Å². The Labute approximate surface area is 187 Å².